The number of nitrogens with one attached hydrogen (secondary N) is 2. The van der Waals surface area contributed by atoms with Crippen molar-refractivity contribution in [2.24, 2.45) is 0 Å². The molecule has 0 aliphatic rings. The number of rotatable bonds is 6. The fourth-order valence-electron chi connectivity index (χ4n) is 3.11. The predicted octanol–water partition coefficient (Wildman–Crippen LogP) is 3.76. The zero-order chi connectivity index (χ0) is 21.6. The first-order valence-electron chi connectivity index (χ1n) is 9.83. The Hall–Kier alpha value is -4.26. The number of anilines is 1. The molecular formula is C24H21N5O2. The molecule has 0 aliphatic heterocycles. The Morgan fingerprint density at radius 2 is 1.45 bits per heavy atom. The van der Waals surface area contributed by atoms with Crippen LogP contribution in [0, 0.1) is 6.92 Å². The molecule has 0 saturated carbocycles. The lowest BCUT2D eigenvalue weighted by atomic mass is 10.1. The summed E-state index contributed by atoms with van der Waals surface area (Å²) in [6.07, 6.45) is 0. The lowest BCUT2D eigenvalue weighted by molar-refractivity contribution is 0.0952. The van der Waals surface area contributed by atoms with Gasteiger partial charge in [0.15, 0.2) is 5.69 Å². The average Bonchev–Trinajstić information content (AvgIpc) is 3.21. The van der Waals surface area contributed by atoms with Crippen molar-refractivity contribution in [3.8, 4) is 5.69 Å². The minimum Gasteiger partial charge on any atom is -0.348 e. The van der Waals surface area contributed by atoms with E-state index in [1.54, 1.807) is 31.2 Å². The number of hydrogen-bond acceptors (Lipinski definition) is 4. The number of benzene rings is 3. The van der Waals surface area contributed by atoms with E-state index in [1.165, 1.54) is 4.80 Å². The van der Waals surface area contributed by atoms with Gasteiger partial charge in [0.2, 0.25) is 0 Å². The number of para-hydroxylation sites is 2. The Morgan fingerprint density at radius 3 is 2.19 bits per heavy atom. The number of carbonyl (C=O) groups excluding carboxylic acids is 2. The molecule has 0 aliphatic carbocycles. The standard InChI is InChI=1S/C24H21N5O2/c1-17-22(28-29(27-17)19-12-6-3-7-13-19)24(31)26-21-15-9-8-14-20(21)23(30)25-16-18-10-4-2-5-11-18/h2-15H,16H2,1H3,(H,25,30)(H,26,31). The van der Waals surface area contributed by atoms with E-state index in [-0.39, 0.29) is 11.6 Å². The molecule has 0 unspecified atom stereocenters. The van der Waals surface area contributed by atoms with Crippen LogP contribution in [0.25, 0.3) is 5.69 Å². The van der Waals surface area contributed by atoms with Crippen LogP contribution in [0.5, 0.6) is 0 Å². The lowest BCUT2D eigenvalue weighted by Crippen LogP contribution is -2.25. The summed E-state index contributed by atoms with van der Waals surface area (Å²) in [5.74, 6) is -0.701. The number of aromatic nitrogens is 3. The van der Waals surface area contributed by atoms with Crippen molar-refractivity contribution >= 4 is 17.5 Å². The molecule has 2 amide bonds. The molecule has 4 aromatic rings. The molecule has 3 aromatic carbocycles. The highest BCUT2D eigenvalue weighted by Gasteiger charge is 2.19. The second kappa shape index (κ2) is 9.04. The molecule has 0 saturated heterocycles. The molecule has 1 aromatic heterocycles. The smallest absolute Gasteiger partial charge is 0.278 e. The number of carbonyl (C=O) groups is 2. The van der Waals surface area contributed by atoms with Crippen LogP contribution >= 0.6 is 0 Å². The van der Waals surface area contributed by atoms with E-state index in [2.05, 4.69) is 20.8 Å². The number of hydrogen-bond donors (Lipinski definition) is 2. The third-order valence-electron chi connectivity index (χ3n) is 4.70. The van der Waals surface area contributed by atoms with E-state index < -0.39 is 5.91 Å². The molecule has 31 heavy (non-hydrogen) atoms. The third-order valence-corrected chi connectivity index (χ3v) is 4.70. The minimum atomic E-state index is -0.428. The summed E-state index contributed by atoms with van der Waals surface area (Å²) in [6.45, 7) is 2.12. The van der Waals surface area contributed by atoms with Gasteiger partial charge in [0.05, 0.1) is 22.6 Å². The Balaban J connectivity index is 1.50. The van der Waals surface area contributed by atoms with Crippen molar-refractivity contribution in [1.29, 1.82) is 0 Å². The summed E-state index contributed by atoms with van der Waals surface area (Å²) in [6, 6.07) is 25.9. The number of amides is 2. The normalized spacial score (nSPS) is 10.5. The predicted molar refractivity (Wildman–Crippen MR) is 118 cm³/mol. The van der Waals surface area contributed by atoms with E-state index in [4.69, 9.17) is 0 Å². The molecule has 2 N–H and O–H groups in total. The number of aryl methyl sites for hydroxylation is 1. The van der Waals surface area contributed by atoms with E-state index in [0.29, 0.717) is 23.5 Å². The van der Waals surface area contributed by atoms with Gasteiger partial charge in [0, 0.05) is 6.54 Å². The van der Waals surface area contributed by atoms with Gasteiger partial charge in [-0.25, -0.2) is 0 Å². The molecule has 0 spiro atoms. The fourth-order valence-corrected chi connectivity index (χ4v) is 3.11. The van der Waals surface area contributed by atoms with Gasteiger partial charge in [-0.3, -0.25) is 9.59 Å². The molecule has 1 heterocycles. The molecular weight excluding hydrogens is 390 g/mol. The highest BCUT2D eigenvalue weighted by Crippen LogP contribution is 2.17. The van der Waals surface area contributed by atoms with Crippen LogP contribution < -0.4 is 10.6 Å². The summed E-state index contributed by atoms with van der Waals surface area (Å²) in [7, 11) is 0. The van der Waals surface area contributed by atoms with E-state index >= 15 is 0 Å². The maximum absolute atomic E-state index is 12.9. The van der Waals surface area contributed by atoms with E-state index in [9.17, 15) is 9.59 Å². The maximum atomic E-state index is 12.9. The van der Waals surface area contributed by atoms with E-state index in [0.717, 1.165) is 11.3 Å². The summed E-state index contributed by atoms with van der Waals surface area (Å²) in [5, 5.41) is 14.3. The van der Waals surface area contributed by atoms with Gasteiger partial charge in [-0.2, -0.15) is 9.90 Å². The van der Waals surface area contributed by atoms with Gasteiger partial charge in [0.25, 0.3) is 11.8 Å². The van der Waals surface area contributed by atoms with Gasteiger partial charge in [0.1, 0.15) is 0 Å². The minimum absolute atomic E-state index is 0.198. The van der Waals surface area contributed by atoms with Crippen molar-refractivity contribution in [2.75, 3.05) is 5.32 Å². The van der Waals surface area contributed by atoms with Crippen LogP contribution in [0.4, 0.5) is 5.69 Å². The van der Waals surface area contributed by atoms with Gasteiger partial charge in [-0.15, -0.1) is 5.10 Å². The van der Waals surface area contributed by atoms with Gasteiger partial charge >= 0.3 is 0 Å². The molecule has 0 bridgehead atoms. The molecule has 154 valence electrons. The van der Waals surface area contributed by atoms with Crippen LogP contribution in [0.1, 0.15) is 32.1 Å². The van der Waals surface area contributed by atoms with Crippen molar-refractivity contribution < 1.29 is 9.59 Å². The Bertz CT molecular complexity index is 1200. The first kappa shape index (κ1) is 20.0. The Labute approximate surface area is 179 Å². The average molecular weight is 411 g/mol. The monoisotopic (exact) mass is 411 g/mol. The quantitative estimate of drug-likeness (QED) is 0.506. The highest BCUT2D eigenvalue weighted by atomic mass is 16.2. The Kier molecular flexibility index (Phi) is 5.84. The zero-order valence-corrected chi connectivity index (χ0v) is 16.9. The summed E-state index contributed by atoms with van der Waals surface area (Å²) in [5.41, 5.74) is 3.22. The third kappa shape index (κ3) is 4.67. The molecule has 4 rings (SSSR count). The van der Waals surface area contributed by atoms with Crippen molar-refractivity contribution in [1.82, 2.24) is 20.3 Å². The Morgan fingerprint density at radius 1 is 0.806 bits per heavy atom. The van der Waals surface area contributed by atoms with Gasteiger partial charge < -0.3 is 10.6 Å². The summed E-state index contributed by atoms with van der Waals surface area (Å²) < 4.78 is 0. The molecule has 0 radical (unpaired) electrons. The first-order chi connectivity index (χ1) is 15.1. The van der Waals surface area contributed by atoms with Crippen molar-refractivity contribution in [3.05, 3.63) is 107 Å². The van der Waals surface area contributed by atoms with Crippen LogP contribution in [-0.2, 0) is 6.54 Å². The van der Waals surface area contributed by atoms with Crippen LogP contribution in [-0.4, -0.2) is 26.8 Å². The first-order valence-corrected chi connectivity index (χ1v) is 9.83. The molecule has 0 atom stereocenters. The van der Waals surface area contributed by atoms with Crippen LogP contribution in [0.3, 0.4) is 0 Å². The van der Waals surface area contributed by atoms with E-state index in [1.807, 2.05) is 60.7 Å². The van der Waals surface area contributed by atoms with Gasteiger partial charge in [-0.05, 0) is 36.8 Å². The second-order valence-corrected chi connectivity index (χ2v) is 6.93. The maximum Gasteiger partial charge on any atom is 0.278 e. The van der Waals surface area contributed by atoms with Crippen LogP contribution in [0.2, 0.25) is 0 Å². The molecule has 0 fully saturated rings. The molecule has 7 nitrogen and oxygen atoms in total. The fraction of sp³-hybridized carbons (Fsp3) is 0.0833. The zero-order valence-electron chi connectivity index (χ0n) is 16.9. The lowest BCUT2D eigenvalue weighted by Gasteiger charge is -2.11. The van der Waals surface area contributed by atoms with Crippen molar-refractivity contribution in [2.45, 2.75) is 13.5 Å². The summed E-state index contributed by atoms with van der Waals surface area (Å²) >= 11 is 0. The summed E-state index contributed by atoms with van der Waals surface area (Å²) in [4.78, 5) is 27.0. The van der Waals surface area contributed by atoms with Crippen LogP contribution in [0.15, 0.2) is 84.9 Å². The molecule has 7 heteroatoms. The number of nitrogens with zero attached hydrogens (tertiary/aromatic N) is 3. The highest BCUT2D eigenvalue weighted by molar-refractivity contribution is 6.08. The SMILES string of the molecule is Cc1nn(-c2ccccc2)nc1C(=O)Nc1ccccc1C(=O)NCc1ccccc1. The second-order valence-electron chi connectivity index (χ2n) is 6.93. The van der Waals surface area contributed by atoms with Gasteiger partial charge in [-0.1, -0.05) is 60.7 Å². The topological polar surface area (TPSA) is 88.9 Å². The largest absolute Gasteiger partial charge is 0.348 e. The van der Waals surface area contributed by atoms with Crippen molar-refractivity contribution in [3.63, 3.8) is 0 Å².